The zero-order valence-electron chi connectivity index (χ0n) is 13.6. The number of aliphatic hydroxyl groups excluding tert-OH is 1. The van der Waals surface area contributed by atoms with Crippen LogP contribution in [0.4, 0.5) is 0 Å². The summed E-state index contributed by atoms with van der Waals surface area (Å²) in [7, 11) is 1.71. The first-order valence-electron chi connectivity index (χ1n) is 7.86. The molecule has 0 radical (unpaired) electrons. The highest BCUT2D eigenvalue weighted by Gasteiger charge is 2.13. The first-order chi connectivity index (χ1) is 11.3. The molecule has 0 fully saturated rings. The van der Waals surface area contributed by atoms with Crippen molar-refractivity contribution in [3.63, 3.8) is 0 Å². The van der Waals surface area contributed by atoms with Crippen LogP contribution in [0.15, 0.2) is 47.2 Å². The fourth-order valence-corrected chi connectivity index (χ4v) is 3.03. The minimum atomic E-state index is -0.517. The van der Waals surface area contributed by atoms with Gasteiger partial charge in [-0.1, -0.05) is 18.2 Å². The quantitative estimate of drug-likeness (QED) is 0.641. The van der Waals surface area contributed by atoms with Gasteiger partial charge >= 0.3 is 0 Å². The van der Waals surface area contributed by atoms with E-state index in [4.69, 9.17) is 9.47 Å². The summed E-state index contributed by atoms with van der Waals surface area (Å²) in [5.41, 5.74) is 1.28. The summed E-state index contributed by atoms with van der Waals surface area (Å²) in [6, 6.07) is 11.7. The molecule has 5 heteroatoms. The SMILES string of the molecule is COCCCN(Cc1ccsc1)CC(O)COc1ccccc1. The van der Waals surface area contributed by atoms with Crippen LogP contribution in [-0.4, -0.2) is 49.5 Å². The van der Waals surface area contributed by atoms with Gasteiger partial charge in [0.1, 0.15) is 18.5 Å². The lowest BCUT2D eigenvalue weighted by atomic mass is 10.2. The Hall–Kier alpha value is -1.40. The molecule has 1 atom stereocenters. The zero-order chi connectivity index (χ0) is 16.3. The Morgan fingerprint density at radius 1 is 1.22 bits per heavy atom. The van der Waals surface area contributed by atoms with Crippen LogP contribution >= 0.6 is 11.3 Å². The lowest BCUT2D eigenvalue weighted by molar-refractivity contribution is 0.0618. The largest absolute Gasteiger partial charge is 0.491 e. The minimum absolute atomic E-state index is 0.300. The van der Waals surface area contributed by atoms with Gasteiger partial charge in [-0.15, -0.1) is 0 Å². The van der Waals surface area contributed by atoms with Gasteiger partial charge < -0.3 is 14.6 Å². The molecule has 1 unspecified atom stereocenters. The maximum Gasteiger partial charge on any atom is 0.119 e. The van der Waals surface area contributed by atoms with Crippen molar-refractivity contribution in [2.75, 3.05) is 33.4 Å². The summed E-state index contributed by atoms with van der Waals surface area (Å²) in [6.45, 7) is 3.36. The van der Waals surface area contributed by atoms with Crippen LogP contribution in [0.2, 0.25) is 0 Å². The lowest BCUT2D eigenvalue weighted by Gasteiger charge is -2.24. The number of nitrogens with zero attached hydrogens (tertiary/aromatic N) is 1. The summed E-state index contributed by atoms with van der Waals surface area (Å²) in [5.74, 6) is 0.787. The Bertz CT molecular complexity index is 518. The molecule has 4 nitrogen and oxygen atoms in total. The van der Waals surface area contributed by atoms with Crippen LogP contribution in [-0.2, 0) is 11.3 Å². The molecule has 0 aliphatic rings. The Morgan fingerprint density at radius 3 is 2.74 bits per heavy atom. The predicted octanol–water partition coefficient (Wildman–Crippen LogP) is 3.03. The fourth-order valence-electron chi connectivity index (χ4n) is 2.37. The smallest absolute Gasteiger partial charge is 0.119 e. The van der Waals surface area contributed by atoms with Crippen LogP contribution in [0.1, 0.15) is 12.0 Å². The molecule has 0 saturated carbocycles. The van der Waals surface area contributed by atoms with Crippen molar-refractivity contribution in [2.45, 2.75) is 19.1 Å². The highest BCUT2D eigenvalue weighted by Crippen LogP contribution is 2.12. The van der Waals surface area contributed by atoms with Crippen molar-refractivity contribution in [1.82, 2.24) is 4.90 Å². The van der Waals surface area contributed by atoms with E-state index in [0.29, 0.717) is 13.2 Å². The van der Waals surface area contributed by atoms with Gasteiger partial charge in [0.25, 0.3) is 0 Å². The molecule has 1 heterocycles. The molecule has 0 aliphatic carbocycles. The standard InChI is InChI=1S/C18H25NO3S/c1-21-10-5-9-19(12-16-8-11-23-15-16)13-17(20)14-22-18-6-3-2-4-7-18/h2-4,6-8,11,15,17,20H,5,9-10,12-14H2,1H3. The molecule has 2 aromatic rings. The van der Waals surface area contributed by atoms with Crippen molar-refractivity contribution in [3.05, 3.63) is 52.7 Å². The number of hydrogen-bond acceptors (Lipinski definition) is 5. The molecular formula is C18H25NO3S. The van der Waals surface area contributed by atoms with Gasteiger partial charge in [-0.2, -0.15) is 11.3 Å². The third-order valence-electron chi connectivity index (χ3n) is 3.46. The number of hydrogen-bond donors (Lipinski definition) is 1. The monoisotopic (exact) mass is 335 g/mol. The number of thiophene rings is 1. The average molecular weight is 335 g/mol. The second-order valence-corrected chi connectivity index (χ2v) is 6.27. The predicted molar refractivity (Wildman–Crippen MR) is 94.0 cm³/mol. The van der Waals surface area contributed by atoms with Gasteiger partial charge in [-0.25, -0.2) is 0 Å². The molecule has 1 N–H and O–H groups in total. The van der Waals surface area contributed by atoms with E-state index in [-0.39, 0.29) is 0 Å². The van der Waals surface area contributed by atoms with Crippen molar-refractivity contribution in [3.8, 4) is 5.75 Å². The van der Waals surface area contributed by atoms with Crippen molar-refractivity contribution in [1.29, 1.82) is 0 Å². The van der Waals surface area contributed by atoms with E-state index in [1.165, 1.54) is 5.56 Å². The molecule has 1 aromatic heterocycles. The third kappa shape index (κ3) is 7.14. The molecule has 0 spiro atoms. The number of rotatable bonds is 11. The summed E-state index contributed by atoms with van der Waals surface area (Å²) in [5, 5.41) is 14.5. The molecule has 23 heavy (non-hydrogen) atoms. The molecule has 1 aromatic carbocycles. The Balaban J connectivity index is 1.80. The van der Waals surface area contributed by atoms with Gasteiger partial charge in [-0.05, 0) is 40.9 Å². The lowest BCUT2D eigenvalue weighted by Crippen LogP contribution is -2.36. The Kier molecular flexibility index (Phi) is 8.11. The highest BCUT2D eigenvalue weighted by molar-refractivity contribution is 7.07. The number of benzene rings is 1. The van der Waals surface area contributed by atoms with Crippen molar-refractivity contribution >= 4 is 11.3 Å². The highest BCUT2D eigenvalue weighted by atomic mass is 32.1. The fraction of sp³-hybridized carbons (Fsp3) is 0.444. The van der Waals surface area contributed by atoms with E-state index in [2.05, 4.69) is 21.7 Å². The topological polar surface area (TPSA) is 41.9 Å². The van der Waals surface area contributed by atoms with E-state index in [1.54, 1.807) is 18.4 Å². The summed E-state index contributed by atoms with van der Waals surface area (Å²) in [6.07, 6.45) is 0.434. The number of ether oxygens (including phenoxy) is 2. The van der Waals surface area contributed by atoms with Gasteiger partial charge in [0, 0.05) is 33.4 Å². The molecule has 0 bridgehead atoms. The zero-order valence-corrected chi connectivity index (χ0v) is 14.4. The van der Waals surface area contributed by atoms with Crippen LogP contribution in [0.3, 0.4) is 0 Å². The minimum Gasteiger partial charge on any atom is -0.491 e. The average Bonchev–Trinajstić information content (AvgIpc) is 3.07. The summed E-state index contributed by atoms with van der Waals surface area (Å²) >= 11 is 1.70. The Morgan fingerprint density at radius 2 is 2.04 bits per heavy atom. The number of para-hydroxylation sites is 1. The van der Waals surface area contributed by atoms with Crippen molar-refractivity contribution < 1.29 is 14.6 Å². The first-order valence-corrected chi connectivity index (χ1v) is 8.80. The molecule has 2 rings (SSSR count). The van der Waals surface area contributed by atoms with Crippen molar-refractivity contribution in [2.24, 2.45) is 0 Å². The Labute approximate surface area is 142 Å². The maximum absolute atomic E-state index is 10.3. The van der Waals surface area contributed by atoms with Crippen LogP contribution < -0.4 is 4.74 Å². The van der Waals surface area contributed by atoms with Gasteiger partial charge in [0.05, 0.1) is 0 Å². The number of aliphatic hydroxyl groups is 1. The number of methoxy groups -OCH3 is 1. The third-order valence-corrected chi connectivity index (χ3v) is 4.20. The van der Waals surface area contributed by atoms with Crippen LogP contribution in [0, 0.1) is 0 Å². The van der Waals surface area contributed by atoms with Crippen LogP contribution in [0.5, 0.6) is 5.75 Å². The van der Waals surface area contributed by atoms with E-state index in [1.807, 2.05) is 30.3 Å². The van der Waals surface area contributed by atoms with Gasteiger partial charge in [0.2, 0.25) is 0 Å². The molecule has 0 saturated heterocycles. The first kappa shape index (κ1) is 17.9. The molecule has 0 amide bonds. The summed E-state index contributed by atoms with van der Waals surface area (Å²) in [4.78, 5) is 2.25. The molecule has 126 valence electrons. The second-order valence-electron chi connectivity index (χ2n) is 5.49. The normalized spacial score (nSPS) is 12.5. The van der Waals surface area contributed by atoms with Crippen LogP contribution in [0.25, 0.3) is 0 Å². The van der Waals surface area contributed by atoms with E-state index < -0.39 is 6.10 Å². The molecular weight excluding hydrogens is 310 g/mol. The summed E-state index contributed by atoms with van der Waals surface area (Å²) < 4.78 is 10.8. The van der Waals surface area contributed by atoms with E-state index >= 15 is 0 Å². The second kappa shape index (κ2) is 10.4. The van der Waals surface area contributed by atoms with E-state index in [9.17, 15) is 5.11 Å². The van der Waals surface area contributed by atoms with Gasteiger partial charge in [0.15, 0.2) is 0 Å². The maximum atomic E-state index is 10.3. The van der Waals surface area contributed by atoms with Gasteiger partial charge in [-0.3, -0.25) is 4.90 Å². The van der Waals surface area contributed by atoms with E-state index in [0.717, 1.165) is 31.9 Å². The molecule has 0 aliphatic heterocycles.